The first kappa shape index (κ1) is 20.1. The summed E-state index contributed by atoms with van der Waals surface area (Å²) < 4.78 is 13.5. The maximum Gasteiger partial charge on any atom is 0.318 e. The van der Waals surface area contributed by atoms with Crippen molar-refractivity contribution in [3.8, 4) is 0 Å². The van der Waals surface area contributed by atoms with Crippen LogP contribution in [0.2, 0.25) is 5.02 Å². The lowest BCUT2D eigenvalue weighted by Gasteiger charge is -2.26. The normalized spacial score (nSPS) is 15.9. The van der Waals surface area contributed by atoms with Crippen molar-refractivity contribution in [2.45, 2.75) is 39.0 Å². The van der Waals surface area contributed by atoms with E-state index in [9.17, 15) is 9.18 Å². The molecule has 0 aromatic heterocycles. The van der Waals surface area contributed by atoms with Crippen molar-refractivity contribution < 1.29 is 14.0 Å². The molecule has 2 aromatic rings. The largest absolute Gasteiger partial charge is 0.390 e. The molecule has 1 aliphatic rings. The van der Waals surface area contributed by atoms with E-state index in [1.54, 1.807) is 23.1 Å². The number of carbonyl (C=O) groups excluding carboxylic acids is 1. The fourth-order valence-electron chi connectivity index (χ4n) is 3.00. The van der Waals surface area contributed by atoms with Crippen LogP contribution in [0.3, 0.4) is 0 Å². The topological polar surface area (TPSA) is 53.9 Å². The molecule has 5 nitrogen and oxygen atoms in total. The molecule has 1 atom stereocenters. The fraction of sp³-hybridized carbons (Fsp3) is 0.333. The summed E-state index contributed by atoms with van der Waals surface area (Å²) in [5.41, 5.74) is 2.21. The molecule has 2 amide bonds. The minimum atomic E-state index is -0.319. The number of urea groups is 1. The van der Waals surface area contributed by atoms with Gasteiger partial charge in [0.05, 0.1) is 12.3 Å². The zero-order valence-electron chi connectivity index (χ0n) is 15.9. The van der Waals surface area contributed by atoms with Gasteiger partial charge in [-0.1, -0.05) is 47.1 Å². The van der Waals surface area contributed by atoms with E-state index in [1.165, 1.54) is 12.1 Å². The molecule has 28 heavy (non-hydrogen) atoms. The van der Waals surface area contributed by atoms with Crippen molar-refractivity contribution in [1.82, 2.24) is 10.2 Å². The van der Waals surface area contributed by atoms with Gasteiger partial charge in [-0.3, -0.25) is 0 Å². The lowest BCUT2D eigenvalue weighted by atomic mass is 10.0. The first-order chi connectivity index (χ1) is 13.4. The highest BCUT2D eigenvalue weighted by atomic mass is 35.5. The third-order valence-corrected chi connectivity index (χ3v) is 4.70. The van der Waals surface area contributed by atoms with Crippen molar-refractivity contribution in [2.24, 2.45) is 5.16 Å². The highest BCUT2D eigenvalue weighted by Crippen LogP contribution is 2.21. The van der Waals surface area contributed by atoms with Gasteiger partial charge in [0.15, 0.2) is 6.10 Å². The van der Waals surface area contributed by atoms with Crippen LogP contribution in [0.5, 0.6) is 0 Å². The molecule has 0 saturated carbocycles. The minimum absolute atomic E-state index is 0.00449. The quantitative estimate of drug-likeness (QED) is 0.766. The van der Waals surface area contributed by atoms with Crippen LogP contribution in [0.15, 0.2) is 53.7 Å². The molecule has 1 heterocycles. The molecule has 7 heteroatoms. The number of rotatable bonds is 6. The summed E-state index contributed by atoms with van der Waals surface area (Å²) in [6, 6.07) is 13.5. The second-order valence-electron chi connectivity index (χ2n) is 7.06. The standard InChI is InChI=1S/C21H23ClFN3O2/c1-14(2)24-21(27)26(12-16-6-3-4-9-19(16)22)13-18-11-20(25-28-18)15-7-5-8-17(23)10-15/h3-10,14,18H,11-13H2,1-2H3,(H,24,27)/t18-/m0/s1. The molecule has 0 spiro atoms. The van der Waals surface area contributed by atoms with Crippen molar-refractivity contribution in [2.75, 3.05) is 6.54 Å². The van der Waals surface area contributed by atoms with Crippen LogP contribution in [0.25, 0.3) is 0 Å². The van der Waals surface area contributed by atoms with Crippen LogP contribution in [0, 0.1) is 5.82 Å². The van der Waals surface area contributed by atoms with Gasteiger partial charge in [-0.25, -0.2) is 9.18 Å². The molecule has 0 radical (unpaired) electrons. The van der Waals surface area contributed by atoms with Gasteiger partial charge in [0, 0.05) is 29.6 Å². The van der Waals surface area contributed by atoms with Crippen molar-refractivity contribution >= 4 is 23.3 Å². The van der Waals surface area contributed by atoms with Gasteiger partial charge >= 0.3 is 6.03 Å². The van der Waals surface area contributed by atoms with Crippen LogP contribution >= 0.6 is 11.6 Å². The first-order valence-corrected chi connectivity index (χ1v) is 9.57. The zero-order chi connectivity index (χ0) is 20.1. The number of nitrogens with zero attached hydrogens (tertiary/aromatic N) is 2. The molecule has 0 unspecified atom stereocenters. The summed E-state index contributed by atoms with van der Waals surface area (Å²) in [6.07, 6.45) is 0.191. The second kappa shape index (κ2) is 9.06. The highest BCUT2D eigenvalue weighted by Gasteiger charge is 2.27. The minimum Gasteiger partial charge on any atom is -0.390 e. The average molecular weight is 404 g/mol. The molecule has 0 fully saturated rings. The molecular formula is C21H23ClFN3O2. The van der Waals surface area contributed by atoms with E-state index in [2.05, 4.69) is 10.5 Å². The highest BCUT2D eigenvalue weighted by molar-refractivity contribution is 6.31. The van der Waals surface area contributed by atoms with Crippen LogP contribution in [-0.2, 0) is 11.4 Å². The van der Waals surface area contributed by atoms with E-state index in [0.29, 0.717) is 35.8 Å². The molecule has 1 aliphatic heterocycles. The Morgan fingerprint density at radius 1 is 1.32 bits per heavy atom. The summed E-state index contributed by atoms with van der Waals surface area (Å²) >= 11 is 6.27. The SMILES string of the molecule is CC(C)NC(=O)N(Cc1ccccc1Cl)C[C@@H]1CC(c2cccc(F)c2)=NO1. The Morgan fingerprint density at radius 3 is 2.82 bits per heavy atom. The molecule has 1 N–H and O–H groups in total. The molecular weight excluding hydrogens is 381 g/mol. The second-order valence-corrected chi connectivity index (χ2v) is 7.46. The Kier molecular flexibility index (Phi) is 6.52. The van der Waals surface area contributed by atoms with E-state index in [0.717, 1.165) is 5.56 Å². The van der Waals surface area contributed by atoms with Crippen LogP contribution in [0.4, 0.5) is 9.18 Å². The Balaban J connectivity index is 1.69. The summed E-state index contributed by atoms with van der Waals surface area (Å²) in [5, 5.41) is 7.61. The lowest BCUT2D eigenvalue weighted by Crippen LogP contribution is -2.45. The number of nitrogens with one attached hydrogen (secondary N) is 1. The van der Waals surface area contributed by atoms with E-state index in [4.69, 9.17) is 16.4 Å². The van der Waals surface area contributed by atoms with Crippen LogP contribution in [0.1, 0.15) is 31.4 Å². The Hall–Kier alpha value is -2.60. The van der Waals surface area contributed by atoms with E-state index in [1.807, 2.05) is 32.0 Å². The molecule has 148 valence electrons. The molecule has 2 aromatic carbocycles. The van der Waals surface area contributed by atoms with Gasteiger partial charge in [0.25, 0.3) is 0 Å². The Bertz CT molecular complexity index is 872. The van der Waals surface area contributed by atoms with E-state index >= 15 is 0 Å². The van der Waals surface area contributed by atoms with Gasteiger partial charge in [0.1, 0.15) is 5.82 Å². The zero-order valence-corrected chi connectivity index (χ0v) is 16.6. The van der Waals surface area contributed by atoms with Crippen molar-refractivity contribution in [3.63, 3.8) is 0 Å². The van der Waals surface area contributed by atoms with Gasteiger partial charge in [-0.05, 0) is 37.6 Å². The average Bonchev–Trinajstić information content (AvgIpc) is 3.11. The Morgan fingerprint density at radius 2 is 2.11 bits per heavy atom. The summed E-state index contributed by atoms with van der Waals surface area (Å²) in [4.78, 5) is 19.9. The summed E-state index contributed by atoms with van der Waals surface area (Å²) in [6.45, 7) is 4.51. The smallest absolute Gasteiger partial charge is 0.318 e. The molecule has 0 saturated heterocycles. The summed E-state index contributed by atoms with van der Waals surface area (Å²) in [5.74, 6) is -0.319. The Labute approximate surface area is 169 Å². The van der Waals surface area contributed by atoms with Crippen molar-refractivity contribution in [3.05, 3.63) is 70.5 Å². The number of hydrogen-bond donors (Lipinski definition) is 1. The number of amides is 2. The maximum atomic E-state index is 13.5. The van der Waals surface area contributed by atoms with Gasteiger partial charge in [-0.15, -0.1) is 0 Å². The maximum absolute atomic E-state index is 13.5. The number of halogens is 2. The number of benzene rings is 2. The predicted octanol–water partition coefficient (Wildman–Crippen LogP) is 4.59. The number of oxime groups is 1. The van der Waals surface area contributed by atoms with Gasteiger partial charge in [0.2, 0.25) is 0 Å². The first-order valence-electron chi connectivity index (χ1n) is 9.20. The van der Waals surface area contributed by atoms with E-state index in [-0.39, 0.29) is 24.0 Å². The van der Waals surface area contributed by atoms with Crippen LogP contribution in [-0.4, -0.2) is 35.3 Å². The van der Waals surface area contributed by atoms with Crippen LogP contribution < -0.4 is 5.32 Å². The van der Waals surface area contributed by atoms with Crippen molar-refractivity contribution in [1.29, 1.82) is 0 Å². The number of hydrogen-bond acceptors (Lipinski definition) is 3. The van der Waals surface area contributed by atoms with Gasteiger partial charge in [-0.2, -0.15) is 0 Å². The molecule has 0 aliphatic carbocycles. The summed E-state index contributed by atoms with van der Waals surface area (Å²) in [7, 11) is 0. The third kappa shape index (κ3) is 5.23. The fourth-order valence-corrected chi connectivity index (χ4v) is 3.20. The van der Waals surface area contributed by atoms with Gasteiger partial charge < -0.3 is 15.1 Å². The number of carbonyl (C=O) groups is 1. The van der Waals surface area contributed by atoms with E-state index < -0.39 is 0 Å². The monoisotopic (exact) mass is 403 g/mol. The predicted molar refractivity (Wildman–Crippen MR) is 108 cm³/mol. The third-order valence-electron chi connectivity index (χ3n) is 4.33. The molecule has 3 rings (SSSR count). The molecule has 0 bridgehead atoms. The lowest BCUT2D eigenvalue weighted by molar-refractivity contribution is 0.0586.